The van der Waals surface area contributed by atoms with Crippen LogP contribution in [0.2, 0.25) is 0 Å². The Hall–Kier alpha value is -8.19. The molecule has 16 bridgehead atoms. The zero-order valence-electron chi connectivity index (χ0n) is 40.2. The SMILES string of the molecule is Brc1c2nc(c(-c3ccccc3)c3ccc([n-]3)c(-c3c4nc(c(-c5ccccc5)c5ccc(cc6nc(c(-c7ccccc7)c7ccc3[n-]7)C=C6)[n-]5)C=C4)c3nc(c(-c4ccccc4)c4ccc1[n-]4)C=C3)C=C2.[Zn+2].[Zn+2]. The van der Waals surface area contributed by atoms with Crippen molar-refractivity contribution in [3.05, 3.63) is 226 Å². The van der Waals surface area contributed by atoms with E-state index in [0.29, 0.717) is 22.4 Å². The Morgan fingerprint density at radius 1 is 0.267 bits per heavy atom. The molecule has 10 heterocycles. The number of nitrogens with zero attached hydrogens (tertiary/aromatic N) is 8. The van der Waals surface area contributed by atoms with Crippen molar-refractivity contribution in [2.45, 2.75) is 0 Å². The molecule has 75 heavy (non-hydrogen) atoms. The van der Waals surface area contributed by atoms with E-state index in [1.165, 1.54) is 0 Å². The van der Waals surface area contributed by atoms with E-state index in [0.717, 1.165) is 127 Å². The minimum absolute atomic E-state index is 0. The molecule has 4 aromatic carbocycles. The number of fused-ring (bicyclic) bond motifs is 16. The quantitative estimate of drug-likeness (QED) is 0.157. The molecular formula is C64H37BrN8Zn2. The molecule has 11 heteroatoms. The maximum atomic E-state index is 5.60. The molecule has 6 aromatic heterocycles. The van der Waals surface area contributed by atoms with Gasteiger partial charge in [-0.1, -0.05) is 176 Å². The summed E-state index contributed by atoms with van der Waals surface area (Å²) in [7, 11) is 0. The summed E-state index contributed by atoms with van der Waals surface area (Å²) in [6.07, 6.45) is 16.5. The number of hydrogen-bond acceptors (Lipinski definition) is 4. The molecular weight excluding hydrogens is 1090 g/mol. The molecule has 0 unspecified atom stereocenters. The van der Waals surface area contributed by atoms with E-state index in [4.69, 9.17) is 39.9 Å². The van der Waals surface area contributed by atoms with Gasteiger partial charge < -0.3 is 19.9 Å². The van der Waals surface area contributed by atoms with E-state index in [2.05, 4.69) is 137 Å². The van der Waals surface area contributed by atoms with Gasteiger partial charge in [-0.2, -0.15) is 0 Å². The first kappa shape index (κ1) is 47.8. The molecule has 0 spiro atoms. The summed E-state index contributed by atoms with van der Waals surface area (Å²) in [4.78, 5) is 43.3. The van der Waals surface area contributed by atoms with Crippen LogP contribution in [0.15, 0.2) is 180 Å². The van der Waals surface area contributed by atoms with Crippen molar-refractivity contribution in [2.24, 2.45) is 0 Å². The Labute approximate surface area is 465 Å². The molecule has 8 nitrogen and oxygen atoms in total. The van der Waals surface area contributed by atoms with Crippen molar-refractivity contribution in [3.63, 3.8) is 0 Å². The monoisotopic (exact) mass is 1120 g/mol. The van der Waals surface area contributed by atoms with E-state index in [9.17, 15) is 0 Å². The van der Waals surface area contributed by atoms with Crippen LogP contribution in [0, 0.1) is 0 Å². The van der Waals surface area contributed by atoms with Crippen LogP contribution in [0.5, 0.6) is 0 Å². The number of rotatable bonds is 5. The van der Waals surface area contributed by atoms with Crippen LogP contribution in [0.4, 0.5) is 0 Å². The number of benzene rings is 4. The topological polar surface area (TPSA) is 108 Å². The Morgan fingerprint density at radius 3 is 0.987 bits per heavy atom. The van der Waals surface area contributed by atoms with Gasteiger partial charge in [0.1, 0.15) is 0 Å². The summed E-state index contributed by atoms with van der Waals surface area (Å²) in [6, 6.07) is 59.9. The van der Waals surface area contributed by atoms with Crippen LogP contribution < -0.4 is 19.9 Å². The molecule has 14 rings (SSSR count). The smallest absolute Gasteiger partial charge is 0.657 e. The zero-order valence-corrected chi connectivity index (χ0v) is 47.8. The average molecular weight is 1130 g/mol. The Balaban J connectivity index is 0.00000284. The predicted molar refractivity (Wildman–Crippen MR) is 302 cm³/mol. The molecule has 0 fully saturated rings. The van der Waals surface area contributed by atoms with E-state index >= 15 is 0 Å². The third-order valence-electron chi connectivity index (χ3n) is 13.5. The molecule has 0 saturated carbocycles. The van der Waals surface area contributed by atoms with E-state index in [1.807, 2.05) is 103 Å². The molecule has 4 aliphatic heterocycles. The summed E-state index contributed by atoms with van der Waals surface area (Å²) in [6.45, 7) is 0. The fourth-order valence-electron chi connectivity index (χ4n) is 10.2. The molecule has 0 aliphatic carbocycles. The largest absolute Gasteiger partial charge is 2.00 e. The normalized spacial score (nSPS) is 12.2. The van der Waals surface area contributed by atoms with Gasteiger partial charge in [-0.05, 0) is 120 Å². The van der Waals surface area contributed by atoms with Gasteiger partial charge in [0.05, 0.1) is 45.6 Å². The van der Waals surface area contributed by atoms with Crippen molar-refractivity contribution in [1.29, 1.82) is 0 Å². The molecule has 4 aliphatic rings. The number of hydrogen-bond donors (Lipinski definition) is 0. The molecule has 0 amide bonds. The second-order valence-electron chi connectivity index (χ2n) is 18.0. The average Bonchev–Trinajstić information content (AvgIpc) is 4.28. The van der Waals surface area contributed by atoms with Crippen LogP contribution in [0.3, 0.4) is 0 Å². The van der Waals surface area contributed by atoms with E-state index in [-0.39, 0.29) is 39.0 Å². The standard InChI is InChI=1S/C64H37BrN8.2Zn/c65-64-56-35-33-50(72-56)60(40-17-9-3-10-18-40)48-27-31-54(70-48)63(55-32-28-49(71-55)61(41-19-11-4-12-20-41)51-34-36-57(64)73-51)62-52-29-25-46(68-52)58(38-13-5-1-6-14-38)44-23-21-42(66-44)37-43-22-24-45(67-43)59(39-15-7-2-8-16-39)47-26-30-53(62)69-47;;/h1-37H;;/q-4;2*+2. The van der Waals surface area contributed by atoms with Crippen molar-refractivity contribution in [1.82, 2.24) is 39.9 Å². The third kappa shape index (κ3) is 8.67. The summed E-state index contributed by atoms with van der Waals surface area (Å²) in [5.74, 6) is 0. The van der Waals surface area contributed by atoms with Gasteiger partial charge in [0, 0.05) is 4.47 Å². The van der Waals surface area contributed by atoms with Crippen LogP contribution in [-0.2, 0) is 39.0 Å². The fourth-order valence-corrected chi connectivity index (χ4v) is 10.6. The molecule has 0 N–H and O–H groups in total. The maximum absolute atomic E-state index is 5.60. The summed E-state index contributed by atoms with van der Waals surface area (Å²) in [5.41, 5.74) is 21.3. The second-order valence-corrected chi connectivity index (χ2v) is 18.8. The van der Waals surface area contributed by atoms with Gasteiger partial charge in [0.2, 0.25) is 0 Å². The van der Waals surface area contributed by atoms with Crippen molar-refractivity contribution < 1.29 is 39.0 Å². The third-order valence-corrected chi connectivity index (χ3v) is 14.3. The van der Waals surface area contributed by atoms with E-state index < -0.39 is 0 Å². The maximum Gasteiger partial charge on any atom is 2.00 e. The first-order chi connectivity index (χ1) is 36.1. The first-order valence-corrected chi connectivity index (χ1v) is 24.8. The predicted octanol–water partition coefficient (Wildman–Crippen LogP) is 15.2. The van der Waals surface area contributed by atoms with Gasteiger partial charge in [0.15, 0.2) is 0 Å². The Morgan fingerprint density at radius 2 is 0.560 bits per heavy atom. The summed E-state index contributed by atoms with van der Waals surface area (Å²) in [5, 5.41) is 0. The number of aromatic nitrogens is 8. The fraction of sp³-hybridized carbons (Fsp3) is 0. The minimum Gasteiger partial charge on any atom is -0.657 e. The minimum atomic E-state index is 0. The second kappa shape index (κ2) is 19.9. The molecule has 0 atom stereocenters. The van der Waals surface area contributed by atoms with Gasteiger partial charge in [-0.15, -0.1) is 44.1 Å². The molecule has 0 radical (unpaired) electrons. The van der Waals surface area contributed by atoms with Gasteiger partial charge in [-0.25, -0.2) is 19.9 Å². The number of halogens is 1. The van der Waals surface area contributed by atoms with Gasteiger partial charge >= 0.3 is 39.0 Å². The van der Waals surface area contributed by atoms with Crippen molar-refractivity contribution in [2.75, 3.05) is 0 Å². The van der Waals surface area contributed by atoms with Gasteiger partial charge in [0.25, 0.3) is 0 Å². The van der Waals surface area contributed by atoms with Crippen molar-refractivity contribution >= 4 is 109 Å². The first-order valence-electron chi connectivity index (χ1n) is 24.0. The molecule has 0 saturated heterocycles. The molecule has 344 valence electrons. The van der Waals surface area contributed by atoms with Crippen LogP contribution in [-0.4, -0.2) is 19.9 Å². The Kier molecular flexibility index (Phi) is 12.7. The van der Waals surface area contributed by atoms with Crippen molar-refractivity contribution in [3.8, 4) is 55.6 Å². The summed E-state index contributed by atoms with van der Waals surface area (Å²) >= 11 is 3.91. The van der Waals surface area contributed by atoms with Crippen LogP contribution in [0.25, 0.3) is 148 Å². The van der Waals surface area contributed by atoms with E-state index in [1.54, 1.807) is 0 Å². The van der Waals surface area contributed by atoms with Gasteiger partial charge in [-0.3, -0.25) is 0 Å². The Bertz CT molecular complexity index is 4300. The van der Waals surface area contributed by atoms with Crippen LogP contribution >= 0.6 is 15.9 Å². The molecule has 10 aromatic rings. The van der Waals surface area contributed by atoms with Crippen LogP contribution in [0.1, 0.15) is 45.6 Å². The summed E-state index contributed by atoms with van der Waals surface area (Å²) < 4.78 is 0.794. The zero-order chi connectivity index (χ0) is 48.4.